The van der Waals surface area contributed by atoms with E-state index in [-0.39, 0.29) is 5.82 Å². The maximum absolute atomic E-state index is 13.6. The van der Waals surface area contributed by atoms with Gasteiger partial charge in [0.05, 0.1) is 16.9 Å². The van der Waals surface area contributed by atoms with Crippen molar-refractivity contribution >= 4 is 22.2 Å². The third-order valence-corrected chi connectivity index (χ3v) is 7.95. The average Bonchev–Trinajstić information content (AvgIpc) is 3.61. The summed E-state index contributed by atoms with van der Waals surface area (Å²) in [5, 5.41) is 11.3. The van der Waals surface area contributed by atoms with E-state index in [2.05, 4.69) is 58.5 Å². The lowest BCUT2D eigenvalue weighted by atomic mass is 9.87. The third-order valence-electron chi connectivity index (χ3n) is 7.95. The summed E-state index contributed by atoms with van der Waals surface area (Å²) in [6.07, 6.45) is 15.8. The summed E-state index contributed by atoms with van der Waals surface area (Å²) in [7, 11) is 0. The lowest BCUT2D eigenvalue weighted by molar-refractivity contribution is 0.393. The first-order valence-electron chi connectivity index (χ1n) is 14.5. The van der Waals surface area contributed by atoms with Gasteiger partial charge in [-0.2, -0.15) is 5.10 Å². The molecule has 4 aromatic rings. The van der Waals surface area contributed by atoms with Crippen molar-refractivity contribution in [1.29, 1.82) is 0 Å². The number of pyridine rings is 1. The van der Waals surface area contributed by atoms with Gasteiger partial charge >= 0.3 is 0 Å². The maximum atomic E-state index is 13.6. The van der Waals surface area contributed by atoms with Gasteiger partial charge in [0, 0.05) is 22.7 Å². The number of nitrogens with zero attached hydrogens (tertiary/aromatic N) is 2. The van der Waals surface area contributed by atoms with Crippen molar-refractivity contribution in [2.45, 2.75) is 46.0 Å². The fraction of sp³-hybridized carbons (Fsp3) is 0.222. The van der Waals surface area contributed by atoms with E-state index in [1.807, 2.05) is 38.1 Å². The molecule has 6 heteroatoms. The molecule has 3 aromatic heterocycles. The van der Waals surface area contributed by atoms with E-state index < -0.39 is 0 Å². The van der Waals surface area contributed by atoms with Crippen LogP contribution in [0.3, 0.4) is 0 Å². The molecule has 0 saturated heterocycles. The maximum Gasteiger partial charge on any atom is 0.135 e. The van der Waals surface area contributed by atoms with Crippen molar-refractivity contribution in [3.05, 3.63) is 132 Å². The van der Waals surface area contributed by atoms with E-state index in [1.165, 1.54) is 44.2 Å². The highest BCUT2D eigenvalue weighted by Gasteiger charge is 2.19. The first kappa shape index (κ1) is 28.8. The number of rotatable bonds is 10. The van der Waals surface area contributed by atoms with Crippen molar-refractivity contribution in [1.82, 2.24) is 25.5 Å². The van der Waals surface area contributed by atoms with Gasteiger partial charge in [0.1, 0.15) is 17.0 Å². The summed E-state index contributed by atoms with van der Waals surface area (Å²) in [6, 6.07) is 12.5. The molecular weight excluding hydrogens is 521 g/mol. The molecule has 1 aromatic carbocycles. The molecule has 3 heterocycles. The lowest BCUT2D eigenvalue weighted by Crippen LogP contribution is -2.20. The number of fused-ring (bicyclic) bond motifs is 1. The largest absolute Gasteiger partial charge is 0.359 e. The molecule has 0 bridgehead atoms. The van der Waals surface area contributed by atoms with Crippen LogP contribution in [-0.4, -0.2) is 20.2 Å². The van der Waals surface area contributed by atoms with Gasteiger partial charge in [0.15, 0.2) is 0 Å². The molecule has 5 nitrogen and oxygen atoms in total. The Bertz CT molecular complexity index is 1710. The molecule has 1 aliphatic rings. The Balaban J connectivity index is 1.47. The Morgan fingerprint density at radius 2 is 1.83 bits per heavy atom. The van der Waals surface area contributed by atoms with Gasteiger partial charge < -0.3 is 10.3 Å². The Morgan fingerprint density at radius 3 is 2.52 bits per heavy atom. The van der Waals surface area contributed by atoms with Crippen molar-refractivity contribution in [3.63, 3.8) is 0 Å². The van der Waals surface area contributed by atoms with Crippen LogP contribution in [0.5, 0.6) is 0 Å². The second-order valence-corrected chi connectivity index (χ2v) is 10.7. The minimum atomic E-state index is -0.270. The summed E-state index contributed by atoms with van der Waals surface area (Å²) >= 11 is 0. The van der Waals surface area contributed by atoms with E-state index in [1.54, 1.807) is 18.2 Å². The standard InChI is InChI=1S/C36H38FN5/c1-6-12-30(27-15-17-28(37)18-16-27)31-22-34(39-24(31)5)36-35-33(41-42-36)20-19-32(40-35)25(7-2)21-29(8-3)38-23(4)26-13-10-9-11-14-26/h6-8,12,15-22,26,38-39H,1,3-4,9-11,13-14H2,2,5H3,(H,41,42)/b25-7+,29-21+,30-12-. The smallest absolute Gasteiger partial charge is 0.135 e. The van der Waals surface area contributed by atoms with Crippen LogP contribution >= 0.6 is 0 Å². The Labute approximate surface area is 247 Å². The zero-order valence-corrected chi connectivity index (χ0v) is 24.4. The number of aryl methyl sites for hydroxylation is 1. The molecule has 0 amide bonds. The molecule has 1 saturated carbocycles. The molecule has 214 valence electrons. The fourth-order valence-corrected chi connectivity index (χ4v) is 5.66. The van der Waals surface area contributed by atoms with Crippen molar-refractivity contribution in [2.24, 2.45) is 5.92 Å². The number of hydrogen-bond donors (Lipinski definition) is 3. The molecule has 0 unspecified atom stereocenters. The topological polar surface area (TPSA) is 69.4 Å². The van der Waals surface area contributed by atoms with Gasteiger partial charge in [-0.05, 0) is 91.8 Å². The summed E-state index contributed by atoms with van der Waals surface area (Å²) in [5.74, 6) is 0.228. The minimum Gasteiger partial charge on any atom is -0.359 e. The summed E-state index contributed by atoms with van der Waals surface area (Å²) in [4.78, 5) is 8.53. The van der Waals surface area contributed by atoms with Gasteiger partial charge in [-0.3, -0.25) is 5.10 Å². The lowest BCUT2D eigenvalue weighted by Gasteiger charge is -2.25. The minimum absolute atomic E-state index is 0.270. The Kier molecular flexibility index (Phi) is 8.82. The van der Waals surface area contributed by atoms with Crippen molar-refractivity contribution in [3.8, 4) is 11.4 Å². The van der Waals surface area contributed by atoms with E-state index in [9.17, 15) is 4.39 Å². The normalized spacial score (nSPS) is 15.2. The zero-order chi connectivity index (χ0) is 29.6. The number of allylic oxidation sites excluding steroid dienone is 7. The van der Waals surface area contributed by atoms with E-state index in [0.717, 1.165) is 67.5 Å². The van der Waals surface area contributed by atoms with Crippen LogP contribution in [0.4, 0.5) is 4.39 Å². The average molecular weight is 560 g/mol. The van der Waals surface area contributed by atoms with Crippen molar-refractivity contribution in [2.75, 3.05) is 0 Å². The highest BCUT2D eigenvalue weighted by Crippen LogP contribution is 2.33. The Hall–Kier alpha value is -4.71. The van der Waals surface area contributed by atoms with Gasteiger partial charge in [0.2, 0.25) is 0 Å². The summed E-state index contributed by atoms with van der Waals surface area (Å²) < 4.78 is 13.6. The van der Waals surface area contributed by atoms with Gasteiger partial charge in [0.25, 0.3) is 0 Å². The number of hydrogen-bond acceptors (Lipinski definition) is 3. The SMILES string of the molecule is C=C/C=C(/c1ccc(F)cc1)c1cc(-c2n[nH]c3ccc(C(/C=C(\C=C)NC(=C)C4CCCCC4)=C/C)nc23)[nH]c1C. The molecule has 42 heavy (non-hydrogen) atoms. The van der Waals surface area contributed by atoms with Gasteiger partial charge in [-0.15, -0.1) is 0 Å². The van der Waals surface area contributed by atoms with Gasteiger partial charge in [-0.1, -0.05) is 69.4 Å². The fourth-order valence-electron chi connectivity index (χ4n) is 5.66. The Morgan fingerprint density at radius 1 is 1.07 bits per heavy atom. The van der Waals surface area contributed by atoms with Crippen LogP contribution in [0.1, 0.15) is 61.5 Å². The molecule has 0 atom stereocenters. The van der Waals surface area contributed by atoms with Crippen LogP contribution in [0, 0.1) is 18.7 Å². The second kappa shape index (κ2) is 12.9. The number of nitrogens with one attached hydrogen (secondary N) is 3. The van der Waals surface area contributed by atoms with Crippen LogP contribution < -0.4 is 5.32 Å². The van der Waals surface area contributed by atoms with E-state index in [4.69, 9.17) is 4.98 Å². The first-order chi connectivity index (χ1) is 20.4. The molecular formula is C36H38FN5. The van der Waals surface area contributed by atoms with Crippen LogP contribution in [0.2, 0.25) is 0 Å². The zero-order valence-electron chi connectivity index (χ0n) is 24.4. The number of benzene rings is 1. The van der Waals surface area contributed by atoms with E-state index >= 15 is 0 Å². The van der Waals surface area contributed by atoms with E-state index in [0.29, 0.717) is 5.92 Å². The molecule has 0 radical (unpaired) electrons. The molecule has 3 N–H and O–H groups in total. The van der Waals surface area contributed by atoms with Crippen LogP contribution in [-0.2, 0) is 0 Å². The quantitative estimate of drug-likeness (QED) is 0.170. The molecule has 0 aliphatic heterocycles. The molecule has 5 rings (SSSR count). The number of H-pyrrole nitrogens is 2. The number of aromatic amines is 2. The second-order valence-electron chi connectivity index (χ2n) is 10.7. The predicted molar refractivity (Wildman–Crippen MR) is 173 cm³/mol. The summed E-state index contributed by atoms with van der Waals surface area (Å²) in [5.41, 5.74) is 10.7. The first-order valence-corrected chi connectivity index (χ1v) is 14.5. The predicted octanol–water partition coefficient (Wildman–Crippen LogP) is 9.18. The third kappa shape index (κ3) is 6.13. The van der Waals surface area contributed by atoms with Crippen molar-refractivity contribution < 1.29 is 4.39 Å². The highest BCUT2D eigenvalue weighted by molar-refractivity contribution is 5.92. The van der Waals surface area contributed by atoms with Crippen LogP contribution in [0.15, 0.2) is 104 Å². The van der Waals surface area contributed by atoms with Gasteiger partial charge in [-0.25, -0.2) is 9.37 Å². The molecule has 1 fully saturated rings. The molecule has 1 aliphatic carbocycles. The highest BCUT2D eigenvalue weighted by atomic mass is 19.1. The molecule has 0 spiro atoms. The number of aromatic nitrogens is 4. The monoisotopic (exact) mass is 559 g/mol. The summed E-state index contributed by atoms with van der Waals surface area (Å²) in [6.45, 7) is 16.3. The number of halogens is 1. The van der Waals surface area contributed by atoms with Crippen LogP contribution in [0.25, 0.3) is 33.6 Å².